The Morgan fingerprint density at radius 3 is 1.57 bits per heavy atom. The van der Waals surface area contributed by atoms with Crippen LogP contribution in [0.1, 0.15) is 143 Å². The molecule has 1 heterocycles. The van der Waals surface area contributed by atoms with Crippen molar-refractivity contribution in [1.82, 2.24) is 0 Å². The number of aliphatic imine (C=N–C) groups is 1. The quantitative estimate of drug-likeness (QED) is 0.0890. The van der Waals surface area contributed by atoms with E-state index in [1.807, 2.05) is 0 Å². The first-order valence-corrected chi connectivity index (χ1v) is 16.2. The minimum Gasteiger partial charge on any atom is -0.277 e. The zero-order chi connectivity index (χ0) is 26.3. The summed E-state index contributed by atoms with van der Waals surface area (Å²) in [4.78, 5) is 4.91. The number of hydrogen-bond acceptors (Lipinski definition) is 4. The molecule has 1 unspecified atom stereocenters. The van der Waals surface area contributed by atoms with Crippen molar-refractivity contribution in [2.24, 2.45) is 4.99 Å². The number of rotatable bonds is 22. The van der Waals surface area contributed by atoms with E-state index >= 15 is 0 Å². The van der Waals surface area contributed by atoms with Crippen molar-refractivity contribution in [3.8, 4) is 0 Å². The largest absolute Gasteiger partial charge is 0.397 e. The lowest BCUT2D eigenvalue weighted by molar-refractivity contribution is -0.834. The lowest BCUT2D eigenvalue weighted by Crippen LogP contribution is -2.51. The summed E-state index contributed by atoms with van der Waals surface area (Å²) in [6, 6.07) is 0. The third-order valence-electron chi connectivity index (χ3n) is 7.19. The van der Waals surface area contributed by atoms with Gasteiger partial charge in [0, 0.05) is 6.42 Å². The number of hydrogen-bond donors (Lipinski definition) is 1. The van der Waals surface area contributed by atoms with Crippen LogP contribution in [0.15, 0.2) is 4.99 Å². The topological polar surface area (TPSA) is 76.0 Å². The third kappa shape index (κ3) is 19.3. The molecule has 35 heavy (non-hydrogen) atoms. The average molecular weight is 520 g/mol. The molecule has 0 saturated carbocycles. The second kappa shape index (κ2) is 22.7. The Balaban J connectivity index is 0.00000143. The average Bonchev–Trinajstić information content (AvgIpc) is 3.23. The van der Waals surface area contributed by atoms with Gasteiger partial charge >= 0.3 is 10.4 Å². The number of likely N-dealkylation sites (N-methyl/N-ethyl adjacent to an activating group) is 1. The molecule has 0 spiro atoms. The van der Waals surface area contributed by atoms with Gasteiger partial charge in [-0.1, -0.05) is 110 Å². The molecular weight excluding hydrogens is 460 g/mol. The maximum absolute atomic E-state index is 9.56. The Morgan fingerprint density at radius 1 is 0.743 bits per heavy atom. The standard InChI is InChI=1S/C26H53N2.C2H6O4S/c1-4-7-9-10-11-12-13-14-15-16-17-18-19-20-21-22-26-27-23-25-28(26,6-3)24-8-5-2;1-2-6-7(3,4)5/h4-25H2,1-3H3;2H2,1H3,(H,3,4,5)/q+1;. The monoisotopic (exact) mass is 519 g/mol. The molecule has 0 aromatic carbocycles. The molecule has 0 aliphatic carbocycles. The van der Waals surface area contributed by atoms with Crippen molar-refractivity contribution in [1.29, 1.82) is 0 Å². The summed E-state index contributed by atoms with van der Waals surface area (Å²) in [5.41, 5.74) is 0. The van der Waals surface area contributed by atoms with Gasteiger partial charge in [-0.3, -0.25) is 9.04 Å². The van der Waals surface area contributed by atoms with Crippen LogP contribution in [-0.2, 0) is 14.6 Å². The molecule has 1 rings (SSSR count). The molecule has 210 valence electrons. The van der Waals surface area contributed by atoms with Crippen LogP contribution < -0.4 is 0 Å². The van der Waals surface area contributed by atoms with E-state index in [1.165, 1.54) is 152 Å². The first-order valence-electron chi connectivity index (χ1n) is 14.9. The molecule has 1 aliphatic rings. The summed E-state index contributed by atoms with van der Waals surface area (Å²) in [6.07, 6.45) is 25.6. The molecule has 0 radical (unpaired) electrons. The predicted octanol–water partition coefficient (Wildman–Crippen LogP) is 8.12. The van der Waals surface area contributed by atoms with Crippen LogP contribution in [0.25, 0.3) is 0 Å². The van der Waals surface area contributed by atoms with Gasteiger partial charge in [0.1, 0.15) is 6.54 Å². The molecular formula is C28H59N2O4S+. The fourth-order valence-corrected chi connectivity index (χ4v) is 5.27. The van der Waals surface area contributed by atoms with Gasteiger partial charge in [0.25, 0.3) is 0 Å². The molecule has 6 nitrogen and oxygen atoms in total. The summed E-state index contributed by atoms with van der Waals surface area (Å²) < 4.78 is 31.9. The normalized spacial score (nSPS) is 17.8. The van der Waals surface area contributed by atoms with E-state index in [4.69, 9.17) is 9.55 Å². The van der Waals surface area contributed by atoms with Crippen molar-refractivity contribution < 1.29 is 21.6 Å². The second-order valence-corrected chi connectivity index (χ2v) is 11.2. The van der Waals surface area contributed by atoms with E-state index in [0.29, 0.717) is 0 Å². The van der Waals surface area contributed by atoms with Crippen molar-refractivity contribution >= 4 is 16.2 Å². The zero-order valence-corrected chi connectivity index (χ0v) is 24.6. The molecule has 0 saturated heterocycles. The number of nitrogens with zero attached hydrogens (tertiary/aromatic N) is 2. The van der Waals surface area contributed by atoms with Crippen LogP contribution in [0.3, 0.4) is 0 Å². The molecule has 1 atom stereocenters. The van der Waals surface area contributed by atoms with Crippen LogP contribution in [0.2, 0.25) is 0 Å². The zero-order valence-electron chi connectivity index (χ0n) is 23.7. The van der Waals surface area contributed by atoms with Gasteiger partial charge in [0.05, 0.1) is 26.2 Å². The number of amidine groups is 1. The summed E-state index contributed by atoms with van der Waals surface area (Å²) >= 11 is 0. The van der Waals surface area contributed by atoms with Gasteiger partial charge in [-0.15, -0.1) is 0 Å². The molecule has 1 N–H and O–H groups in total. The number of quaternary nitrogens is 1. The Hall–Kier alpha value is -0.500. The van der Waals surface area contributed by atoms with Crippen LogP contribution in [-0.4, -0.2) is 56.1 Å². The van der Waals surface area contributed by atoms with Gasteiger partial charge in [-0.2, -0.15) is 8.42 Å². The van der Waals surface area contributed by atoms with Gasteiger partial charge in [0.2, 0.25) is 0 Å². The first-order chi connectivity index (χ1) is 16.8. The van der Waals surface area contributed by atoms with Gasteiger partial charge in [0.15, 0.2) is 5.84 Å². The highest BCUT2D eigenvalue weighted by atomic mass is 32.3. The molecule has 0 amide bonds. The molecule has 1 aliphatic heterocycles. The Morgan fingerprint density at radius 2 is 1.20 bits per heavy atom. The Kier molecular flexibility index (Phi) is 22.4. The second-order valence-electron chi connectivity index (χ2n) is 10.1. The highest BCUT2D eigenvalue weighted by Crippen LogP contribution is 2.21. The van der Waals surface area contributed by atoms with E-state index in [-0.39, 0.29) is 6.61 Å². The van der Waals surface area contributed by atoms with E-state index < -0.39 is 10.4 Å². The van der Waals surface area contributed by atoms with Crippen molar-refractivity contribution in [2.45, 2.75) is 143 Å². The predicted molar refractivity (Wildman–Crippen MR) is 150 cm³/mol. The van der Waals surface area contributed by atoms with E-state index in [2.05, 4.69) is 25.0 Å². The minimum atomic E-state index is -4.17. The molecule has 7 heteroatoms. The maximum Gasteiger partial charge on any atom is 0.397 e. The Bertz CT molecular complexity index is 610. The van der Waals surface area contributed by atoms with Crippen molar-refractivity contribution in [3.05, 3.63) is 0 Å². The van der Waals surface area contributed by atoms with Crippen LogP contribution in [0.5, 0.6) is 0 Å². The number of unbranched alkanes of at least 4 members (excludes halogenated alkanes) is 15. The van der Waals surface area contributed by atoms with Gasteiger partial charge in [-0.05, 0) is 26.7 Å². The van der Waals surface area contributed by atoms with E-state index in [9.17, 15) is 8.42 Å². The summed E-state index contributed by atoms with van der Waals surface area (Å²) in [7, 11) is -4.17. The third-order valence-corrected chi connectivity index (χ3v) is 7.72. The van der Waals surface area contributed by atoms with Crippen molar-refractivity contribution in [2.75, 3.05) is 32.8 Å². The lowest BCUT2D eigenvalue weighted by atomic mass is 10.0. The van der Waals surface area contributed by atoms with Crippen LogP contribution >= 0.6 is 0 Å². The highest BCUT2D eigenvalue weighted by Gasteiger charge is 2.35. The van der Waals surface area contributed by atoms with Crippen LogP contribution in [0.4, 0.5) is 0 Å². The smallest absolute Gasteiger partial charge is 0.277 e. The van der Waals surface area contributed by atoms with Gasteiger partial charge in [-0.25, -0.2) is 9.18 Å². The molecule has 0 bridgehead atoms. The minimum absolute atomic E-state index is 0.0289. The first kappa shape index (κ1) is 34.5. The fraction of sp³-hybridized carbons (Fsp3) is 0.964. The van der Waals surface area contributed by atoms with Crippen LogP contribution in [0, 0.1) is 0 Å². The summed E-state index contributed by atoms with van der Waals surface area (Å²) in [6.45, 7) is 13.3. The fourth-order valence-electron chi connectivity index (χ4n) is 4.97. The SMILES string of the molecule is CCCCCCCCCCCCCCCCCC1=NCC[N+]1(CC)CCCC.CCOS(=O)(=O)O. The molecule has 0 aromatic rings. The Labute approximate surface area is 218 Å². The van der Waals surface area contributed by atoms with E-state index in [1.54, 1.807) is 0 Å². The van der Waals surface area contributed by atoms with Gasteiger partial charge < -0.3 is 0 Å². The highest BCUT2D eigenvalue weighted by molar-refractivity contribution is 7.80. The van der Waals surface area contributed by atoms with E-state index in [0.717, 1.165) is 6.54 Å². The molecule has 0 fully saturated rings. The maximum atomic E-state index is 9.56. The van der Waals surface area contributed by atoms with Crippen molar-refractivity contribution in [3.63, 3.8) is 0 Å². The lowest BCUT2D eigenvalue weighted by Gasteiger charge is -2.33. The summed E-state index contributed by atoms with van der Waals surface area (Å²) in [5.74, 6) is 1.53. The molecule has 0 aromatic heterocycles. The summed E-state index contributed by atoms with van der Waals surface area (Å²) in [5, 5.41) is 0.